The van der Waals surface area contributed by atoms with Gasteiger partial charge in [0, 0.05) is 34.1 Å². The molecule has 0 unspecified atom stereocenters. The van der Waals surface area contributed by atoms with Gasteiger partial charge in [-0.1, -0.05) is 6.42 Å². The van der Waals surface area contributed by atoms with Crippen LogP contribution < -0.4 is 0 Å². The Kier molecular flexibility index (Phi) is 4.12. The number of Topliss-reactive ketones (excluding diaryl/α,β-unsaturated/α-hetero) is 1. The molecule has 1 aliphatic rings. The highest BCUT2D eigenvalue weighted by Gasteiger charge is 2.21. The van der Waals surface area contributed by atoms with Gasteiger partial charge in [-0.25, -0.2) is 0 Å². The van der Waals surface area contributed by atoms with Crippen molar-refractivity contribution in [3.8, 4) is 6.07 Å². The Morgan fingerprint density at radius 1 is 1.24 bits per heavy atom. The zero-order valence-corrected chi connectivity index (χ0v) is 12.6. The van der Waals surface area contributed by atoms with E-state index in [1.165, 1.54) is 23.3 Å². The fourth-order valence-electron chi connectivity index (χ4n) is 2.84. The second-order valence-electron chi connectivity index (χ2n) is 5.31. The maximum atomic E-state index is 12.3. The molecule has 106 valence electrons. The van der Waals surface area contributed by atoms with Gasteiger partial charge in [0.1, 0.15) is 6.07 Å². The van der Waals surface area contributed by atoms with Gasteiger partial charge >= 0.3 is 0 Å². The van der Waals surface area contributed by atoms with E-state index in [1.807, 2.05) is 0 Å². The normalized spacial score (nSPS) is 14.0. The van der Waals surface area contributed by atoms with Gasteiger partial charge in [0.2, 0.25) is 0 Å². The second-order valence-corrected chi connectivity index (χ2v) is 6.50. The van der Waals surface area contributed by atoms with Crippen LogP contribution in [0.2, 0.25) is 0 Å². The first kappa shape index (κ1) is 14.0. The lowest BCUT2D eigenvalue weighted by Crippen LogP contribution is -2.03. The van der Waals surface area contributed by atoms with Crippen molar-refractivity contribution in [1.29, 1.82) is 5.26 Å². The summed E-state index contributed by atoms with van der Waals surface area (Å²) in [7, 11) is 0. The first-order chi connectivity index (χ1) is 10.3. The quantitative estimate of drug-likeness (QED) is 0.641. The van der Waals surface area contributed by atoms with Crippen molar-refractivity contribution in [1.82, 2.24) is 4.98 Å². The van der Waals surface area contributed by atoms with Crippen molar-refractivity contribution in [2.24, 2.45) is 0 Å². The summed E-state index contributed by atoms with van der Waals surface area (Å²) in [5, 5.41) is 9.47. The summed E-state index contributed by atoms with van der Waals surface area (Å²) < 4.78 is 0. The Hall–Kier alpha value is -1.99. The van der Waals surface area contributed by atoms with Crippen molar-refractivity contribution in [3.05, 3.63) is 51.0 Å². The van der Waals surface area contributed by atoms with Gasteiger partial charge in [0.25, 0.3) is 0 Å². The Morgan fingerprint density at radius 2 is 2.00 bits per heavy atom. The summed E-state index contributed by atoms with van der Waals surface area (Å²) in [4.78, 5) is 18.5. The monoisotopic (exact) mass is 296 g/mol. The highest BCUT2D eigenvalue weighted by Crippen LogP contribution is 2.34. The molecule has 3 rings (SSSR count). The molecule has 0 amide bonds. The smallest absolute Gasteiger partial charge is 0.168 e. The number of carbonyl (C=O) groups excluding carboxylic acids is 1. The largest absolute Gasteiger partial charge is 0.294 e. The molecule has 0 spiro atoms. The summed E-state index contributed by atoms with van der Waals surface area (Å²) >= 11 is 1.66. The van der Waals surface area contributed by atoms with Crippen LogP contribution >= 0.6 is 11.3 Å². The predicted octanol–water partition coefficient (Wildman–Crippen LogP) is 3.71. The lowest BCUT2D eigenvalue weighted by molar-refractivity contribution is 0.0993. The van der Waals surface area contributed by atoms with Crippen LogP contribution in [0.4, 0.5) is 0 Å². The summed E-state index contributed by atoms with van der Waals surface area (Å²) in [6, 6.07) is 5.79. The first-order valence-electron chi connectivity index (χ1n) is 7.26. The summed E-state index contributed by atoms with van der Waals surface area (Å²) in [5.41, 5.74) is 2.63. The molecule has 3 nitrogen and oxygen atoms in total. The minimum absolute atomic E-state index is 0.0605. The fraction of sp³-hybridized carbons (Fsp3) is 0.353. The predicted molar refractivity (Wildman–Crippen MR) is 82.6 cm³/mol. The van der Waals surface area contributed by atoms with E-state index in [2.05, 4.69) is 11.1 Å². The highest BCUT2D eigenvalue weighted by molar-refractivity contribution is 7.12. The number of pyridine rings is 1. The van der Waals surface area contributed by atoms with Gasteiger partial charge in [-0.2, -0.15) is 5.26 Å². The average molecular weight is 296 g/mol. The highest BCUT2D eigenvalue weighted by atomic mass is 32.1. The molecule has 0 radical (unpaired) electrons. The number of aryl methyl sites for hydroxylation is 1. The molecular weight excluding hydrogens is 280 g/mol. The lowest BCUT2D eigenvalue weighted by atomic mass is 10.0. The van der Waals surface area contributed by atoms with Gasteiger partial charge in [-0.05, 0) is 43.4 Å². The minimum atomic E-state index is 0.0605. The van der Waals surface area contributed by atoms with Crippen LogP contribution in [0, 0.1) is 11.3 Å². The van der Waals surface area contributed by atoms with Crippen LogP contribution in [0.5, 0.6) is 0 Å². The van der Waals surface area contributed by atoms with Gasteiger partial charge < -0.3 is 0 Å². The zero-order chi connectivity index (χ0) is 14.7. The Labute approximate surface area is 128 Å². The third-order valence-corrected chi connectivity index (χ3v) is 5.22. The number of nitrogens with zero attached hydrogens (tertiary/aromatic N) is 2. The lowest BCUT2D eigenvalue weighted by Gasteiger charge is -2.00. The van der Waals surface area contributed by atoms with E-state index >= 15 is 0 Å². The van der Waals surface area contributed by atoms with E-state index in [1.54, 1.807) is 35.9 Å². The maximum absolute atomic E-state index is 12.3. The molecule has 0 aliphatic heterocycles. The van der Waals surface area contributed by atoms with E-state index in [0.717, 1.165) is 29.7 Å². The summed E-state index contributed by atoms with van der Waals surface area (Å²) in [6.07, 6.45) is 9.19. The molecule has 2 aromatic rings. The summed E-state index contributed by atoms with van der Waals surface area (Å²) in [6.45, 7) is 0. The Balaban J connectivity index is 1.89. The third-order valence-electron chi connectivity index (χ3n) is 3.93. The van der Waals surface area contributed by atoms with E-state index in [-0.39, 0.29) is 5.78 Å². The van der Waals surface area contributed by atoms with Crippen molar-refractivity contribution in [3.63, 3.8) is 0 Å². The molecule has 0 aromatic carbocycles. The van der Waals surface area contributed by atoms with Crippen molar-refractivity contribution in [2.75, 3.05) is 0 Å². The van der Waals surface area contributed by atoms with Crippen LogP contribution in [-0.2, 0) is 19.3 Å². The number of nitriles is 1. The topological polar surface area (TPSA) is 53.8 Å². The molecule has 0 N–H and O–H groups in total. The Bertz CT molecular complexity index is 698. The molecule has 0 bridgehead atoms. The average Bonchev–Trinajstić information content (AvgIpc) is 2.68. The molecular formula is C17H16N2OS. The zero-order valence-electron chi connectivity index (χ0n) is 11.8. The minimum Gasteiger partial charge on any atom is -0.294 e. The number of rotatable bonds is 3. The second kappa shape index (κ2) is 6.19. The van der Waals surface area contributed by atoms with Gasteiger partial charge in [0.15, 0.2) is 5.78 Å². The SMILES string of the molecule is N#Cc1c(CC(=O)c2ccncc2)sc2c1CCCCC2. The molecule has 1 aliphatic carbocycles. The van der Waals surface area contributed by atoms with Gasteiger partial charge in [-0.15, -0.1) is 11.3 Å². The van der Waals surface area contributed by atoms with E-state index in [9.17, 15) is 10.1 Å². The van der Waals surface area contributed by atoms with Crippen LogP contribution in [0.1, 0.15) is 50.5 Å². The number of thiophene rings is 1. The number of fused-ring (bicyclic) bond motifs is 1. The number of hydrogen-bond donors (Lipinski definition) is 0. The molecule has 2 aromatic heterocycles. The number of carbonyl (C=O) groups is 1. The van der Waals surface area contributed by atoms with Crippen molar-refractivity contribution < 1.29 is 4.79 Å². The third kappa shape index (κ3) is 2.88. The maximum Gasteiger partial charge on any atom is 0.168 e. The van der Waals surface area contributed by atoms with Crippen LogP contribution in [0.25, 0.3) is 0 Å². The van der Waals surface area contributed by atoms with E-state index < -0.39 is 0 Å². The fourth-order valence-corrected chi connectivity index (χ4v) is 4.18. The van der Waals surface area contributed by atoms with Gasteiger partial charge in [0.05, 0.1) is 5.56 Å². The van der Waals surface area contributed by atoms with E-state index in [0.29, 0.717) is 12.0 Å². The standard InChI is InChI=1S/C17H16N2OS/c18-11-14-13-4-2-1-3-5-16(13)21-17(14)10-15(20)12-6-8-19-9-7-12/h6-9H,1-5,10H2. The van der Waals surface area contributed by atoms with Crippen LogP contribution in [-0.4, -0.2) is 10.8 Å². The molecule has 4 heteroatoms. The number of hydrogen-bond acceptors (Lipinski definition) is 4. The van der Waals surface area contributed by atoms with Gasteiger partial charge in [-0.3, -0.25) is 9.78 Å². The van der Waals surface area contributed by atoms with E-state index in [4.69, 9.17) is 0 Å². The van der Waals surface area contributed by atoms with Crippen molar-refractivity contribution in [2.45, 2.75) is 38.5 Å². The van der Waals surface area contributed by atoms with Crippen LogP contribution in [0.3, 0.4) is 0 Å². The van der Waals surface area contributed by atoms with Crippen molar-refractivity contribution >= 4 is 17.1 Å². The Morgan fingerprint density at radius 3 is 2.76 bits per heavy atom. The molecule has 0 saturated heterocycles. The molecule has 0 atom stereocenters. The summed E-state index contributed by atoms with van der Waals surface area (Å²) in [5.74, 6) is 0.0605. The molecule has 0 fully saturated rings. The van der Waals surface area contributed by atoms with Crippen LogP contribution in [0.15, 0.2) is 24.5 Å². The number of aromatic nitrogens is 1. The molecule has 21 heavy (non-hydrogen) atoms. The molecule has 0 saturated carbocycles. The first-order valence-corrected chi connectivity index (χ1v) is 8.08. The number of ketones is 1. The molecule has 2 heterocycles.